The highest BCUT2D eigenvalue weighted by atomic mass is 16.5. The molecule has 1 saturated heterocycles. The fourth-order valence-electron chi connectivity index (χ4n) is 9.54. The van der Waals surface area contributed by atoms with E-state index in [1.54, 1.807) is 54.7 Å². The molecule has 1 aliphatic carbocycles. The van der Waals surface area contributed by atoms with Gasteiger partial charge in [0.05, 0.1) is 17.6 Å². The van der Waals surface area contributed by atoms with Gasteiger partial charge in [-0.2, -0.15) is 0 Å². The number of ether oxygens (including phenoxy) is 1. The van der Waals surface area contributed by atoms with Crippen LogP contribution in [0.3, 0.4) is 0 Å². The minimum absolute atomic E-state index is 0.0118. The van der Waals surface area contributed by atoms with Crippen LogP contribution in [0.25, 0.3) is 10.9 Å². The maximum absolute atomic E-state index is 14.9. The first-order valence-corrected chi connectivity index (χ1v) is 24.8. The number of nitrogens with zero attached hydrogens (tertiary/aromatic N) is 1. The first-order valence-electron chi connectivity index (χ1n) is 24.8. The van der Waals surface area contributed by atoms with Crippen LogP contribution < -0.4 is 31.9 Å². The van der Waals surface area contributed by atoms with Crippen LogP contribution in [0.1, 0.15) is 104 Å². The predicted molar refractivity (Wildman–Crippen MR) is 270 cm³/mol. The molecule has 17 heteroatoms. The molecule has 0 spiro atoms. The summed E-state index contributed by atoms with van der Waals surface area (Å²) in [6.07, 6.45) is 1.98. The fourth-order valence-corrected chi connectivity index (χ4v) is 9.54. The number of benzene rings is 3. The highest BCUT2D eigenvalue weighted by Gasteiger charge is 2.40. The van der Waals surface area contributed by atoms with Gasteiger partial charge in [0, 0.05) is 54.5 Å². The molecular formula is C54H72N8O9. The van der Waals surface area contributed by atoms with Gasteiger partial charge in [0.1, 0.15) is 30.2 Å². The Morgan fingerprint density at radius 2 is 1.15 bits per heavy atom. The molecule has 0 bridgehead atoms. The number of aromatic nitrogens is 1. The van der Waals surface area contributed by atoms with Gasteiger partial charge >= 0.3 is 6.09 Å². The molecule has 2 fully saturated rings. The van der Waals surface area contributed by atoms with Crippen molar-refractivity contribution in [3.05, 3.63) is 108 Å². The summed E-state index contributed by atoms with van der Waals surface area (Å²) in [4.78, 5) is 105. The van der Waals surface area contributed by atoms with Crippen LogP contribution >= 0.6 is 0 Å². The van der Waals surface area contributed by atoms with Gasteiger partial charge in [-0.3, -0.25) is 28.8 Å². The summed E-state index contributed by atoms with van der Waals surface area (Å²) in [5.41, 5.74) is 1.53. The summed E-state index contributed by atoms with van der Waals surface area (Å²) in [6.45, 7) is 12.5. The van der Waals surface area contributed by atoms with Crippen LogP contribution in [0.15, 0.2) is 91.1 Å². The smallest absolute Gasteiger partial charge is 0.407 e. The lowest BCUT2D eigenvalue weighted by molar-refractivity contribution is -0.140. The van der Waals surface area contributed by atoms with Crippen molar-refractivity contribution in [3.63, 3.8) is 0 Å². The first kappa shape index (κ1) is 53.6. The SMILES string of the molecule is CC(OC(C)(C)C)C1NC(=O)C(CCCCN(C(=O)O)C(C)(C)C)NC(=O)C(Cc2c[nH]c3ccccc23)NC(=O)C(Cc2ccccc2)NC(=O)[C@H]2CCC[C@H]2NC(=O)C(Cc2ccccc2)NC1=O. The molecule has 6 unspecified atom stereocenters. The molecule has 2 heterocycles. The molecule has 7 amide bonds. The lowest BCUT2D eigenvalue weighted by Crippen LogP contribution is -2.62. The largest absolute Gasteiger partial charge is 0.465 e. The molecular weight excluding hydrogens is 905 g/mol. The van der Waals surface area contributed by atoms with Crippen LogP contribution in [-0.4, -0.2) is 117 Å². The quantitative estimate of drug-likeness (QED) is 0.0834. The van der Waals surface area contributed by atoms with Crippen molar-refractivity contribution in [2.45, 2.75) is 160 Å². The highest BCUT2D eigenvalue weighted by molar-refractivity contribution is 5.98. The Morgan fingerprint density at radius 3 is 1.75 bits per heavy atom. The second kappa shape index (κ2) is 23.9. The molecule has 6 rings (SSSR count). The molecule has 71 heavy (non-hydrogen) atoms. The Morgan fingerprint density at radius 1 is 0.634 bits per heavy atom. The third kappa shape index (κ3) is 15.1. The van der Waals surface area contributed by atoms with Gasteiger partial charge in [-0.05, 0) is 103 Å². The summed E-state index contributed by atoms with van der Waals surface area (Å²) in [5.74, 6) is -4.50. The van der Waals surface area contributed by atoms with E-state index in [0.29, 0.717) is 31.2 Å². The Hall–Kier alpha value is -6.75. The lowest BCUT2D eigenvalue weighted by atomic mass is 9.98. The van der Waals surface area contributed by atoms with E-state index in [-0.39, 0.29) is 38.6 Å². The Balaban J connectivity index is 1.42. The van der Waals surface area contributed by atoms with Gasteiger partial charge in [-0.1, -0.05) is 85.3 Å². The lowest BCUT2D eigenvalue weighted by Gasteiger charge is -2.33. The summed E-state index contributed by atoms with van der Waals surface area (Å²) < 4.78 is 6.29. The second-order valence-corrected chi connectivity index (χ2v) is 20.9. The van der Waals surface area contributed by atoms with Crippen molar-refractivity contribution in [2.24, 2.45) is 5.92 Å². The number of unbranched alkanes of at least 4 members (excludes halogenated alkanes) is 1. The zero-order valence-electron chi connectivity index (χ0n) is 42.0. The fraction of sp³-hybridized carbons (Fsp3) is 0.500. The molecule has 1 aromatic heterocycles. The number of para-hydroxylation sites is 1. The zero-order valence-corrected chi connectivity index (χ0v) is 42.0. The average molecular weight is 977 g/mol. The van der Waals surface area contributed by atoms with Gasteiger partial charge in [0.2, 0.25) is 35.4 Å². The van der Waals surface area contributed by atoms with Crippen LogP contribution in [-0.2, 0) is 52.8 Å². The Kier molecular flexibility index (Phi) is 18.0. The van der Waals surface area contributed by atoms with Crippen LogP contribution in [0.2, 0.25) is 0 Å². The normalized spacial score (nSPS) is 23.6. The summed E-state index contributed by atoms with van der Waals surface area (Å²) >= 11 is 0. The molecule has 1 saturated carbocycles. The van der Waals surface area contributed by atoms with E-state index in [2.05, 4.69) is 36.9 Å². The summed E-state index contributed by atoms with van der Waals surface area (Å²) in [5, 5.41) is 28.5. The number of fused-ring (bicyclic) bond motifs is 2. The zero-order chi connectivity index (χ0) is 51.5. The van der Waals surface area contributed by atoms with E-state index >= 15 is 0 Å². The van der Waals surface area contributed by atoms with E-state index in [1.807, 2.05) is 84.9 Å². The standard InChI is InChI=1S/C54H72N8O9/c1-33(71-54(5,6)7)45-51(68)60-43(30-35-21-12-9-13-22-35)48(65)56-40-27-18-24-38(40)46(63)58-42(29-34-19-10-8-11-20-34)49(66)59-44(31-36-32-55-39-25-15-14-23-37(36)39)50(67)57-41(47(64)61-45)26-16-17-28-62(52(69)70)53(2,3)4/h8-15,19-23,25,32-33,38,40-45,55H,16-18,24,26-31H2,1-7H3,(H,56,65)(H,57,67)(H,58,63)(H,59,66)(H,60,68)(H,61,64)(H,69,70)/t33?,38-,40+,41?,42?,43?,44?,45?/m0/s1. The second-order valence-electron chi connectivity index (χ2n) is 20.9. The third-order valence-electron chi connectivity index (χ3n) is 13.1. The number of carboxylic acid groups (broad SMARTS) is 1. The minimum Gasteiger partial charge on any atom is -0.465 e. The topological polar surface area (TPSA) is 240 Å². The number of carbonyl (C=O) groups is 7. The Bertz CT molecular complexity index is 2480. The van der Waals surface area contributed by atoms with Crippen molar-refractivity contribution < 1.29 is 43.4 Å². The Labute approximate surface area is 416 Å². The summed E-state index contributed by atoms with van der Waals surface area (Å²) in [7, 11) is 0. The molecule has 2 aliphatic rings. The van der Waals surface area contributed by atoms with Crippen LogP contribution in [0.5, 0.6) is 0 Å². The van der Waals surface area contributed by atoms with E-state index < -0.39 is 101 Å². The van der Waals surface area contributed by atoms with Crippen molar-refractivity contribution in [1.82, 2.24) is 41.8 Å². The van der Waals surface area contributed by atoms with Gasteiger partial charge in [0.25, 0.3) is 0 Å². The van der Waals surface area contributed by atoms with Crippen molar-refractivity contribution >= 4 is 52.4 Å². The van der Waals surface area contributed by atoms with Crippen molar-refractivity contribution in [2.75, 3.05) is 6.54 Å². The number of H-pyrrole nitrogens is 1. The van der Waals surface area contributed by atoms with E-state index in [1.165, 1.54) is 4.90 Å². The predicted octanol–water partition coefficient (Wildman–Crippen LogP) is 5.07. The maximum Gasteiger partial charge on any atom is 0.407 e. The maximum atomic E-state index is 14.9. The van der Waals surface area contributed by atoms with Gasteiger partial charge < -0.3 is 51.6 Å². The van der Waals surface area contributed by atoms with Crippen LogP contribution in [0, 0.1) is 5.92 Å². The van der Waals surface area contributed by atoms with Gasteiger partial charge in [-0.15, -0.1) is 0 Å². The molecule has 17 nitrogen and oxygen atoms in total. The third-order valence-corrected chi connectivity index (χ3v) is 13.1. The number of amides is 7. The summed E-state index contributed by atoms with van der Waals surface area (Å²) in [6, 6.07) is 18.9. The first-order chi connectivity index (χ1) is 33.7. The number of carbonyl (C=O) groups excluding carboxylic acids is 6. The molecule has 3 aromatic carbocycles. The van der Waals surface area contributed by atoms with Gasteiger partial charge in [0.15, 0.2) is 0 Å². The molecule has 4 aromatic rings. The minimum atomic E-state index is -1.39. The van der Waals surface area contributed by atoms with E-state index in [0.717, 1.165) is 22.0 Å². The molecule has 1 aliphatic heterocycles. The van der Waals surface area contributed by atoms with E-state index in [9.17, 15) is 38.7 Å². The van der Waals surface area contributed by atoms with Crippen molar-refractivity contribution in [3.8, 4) is 0 Å². The van der Waals surface area contributed by atoms with Crippen LogP contribution in [0.4, 0.5) is 4.79 Å². The highest BCUT2D eigenvalue weighted by Crippen LogP contribution is 2.27. The number of nitrogens with one attached hydrogen (secondary N) is 7. The number of rotatable bonds is 13. The molecule has 0 radical (unpaired) electrons. The van der Waals surface area contributed by atoms with Gasteiger partial charge in [-0.25, -0.2) is 4.79 Å². The molecule has 8 N–H and O–H groups in total. The van der Waals surface area contributed by atoms with E-state index in [4.69, 9.17) is 4.74 Å². The number of hydrogen-bond acceptors (Lipinski definition) is 8. The molecule has 8 atom stereocenters. The number of aromatic amines is 1. The van der Waals surface area contributed by atoms with Crippen molar-refractivity contribution in [1.29, 1.82) is 0 Å². The monoisotopic (exact) mass is 977 g/mol. The number of hydrogen-bond donors (Lipinski definition) is 8. The molecule has 382 valence electrons. The average Bonchev–Trinajstić information content (AvgIpc) is 3.95.